The summed E-state index contributed by atoms with van der Waals surface area (Å²) >= 11 is 0. The Kier molecular flexibility index (Phi) is 13.8. The number of carbonyl (C=O) groups excluding carboxylic acids is 5. The topological polar surface area (TPSA) is 146 Å². The van der Waals surface area contributed by atoms with E-state index < -0.39 is 24.1 Å². The van der Waals surface area contributed by atoms with Crippen LogP contribution in [0.4, 0.5) is 9.59 Å². The Bertz CT molecular complexity index is 1430. The van der Waals surface area contributed by atoms with Gasteiger partial charge < -0.3 is 18.9 Å². The van der Waals surface area contributed by atoms with Gasteiger partial charge in [0.2, 0.25) is 0 Å². The molecule has 6 aliphatic carbocycles. The third kappa shape index (κ3) is 11.3. The quantitative estimate of drug-likeness (QED) is 0.0832. The van der Waals surface area contributed by atoms with Crippen LogP contribution in [0.15, 0.2) is 72.9 Å². The monoisotopic (exact) mass is 692 g/mol. The van der Waals surface area contributed by atoms with Gasteiger partial charge in [0.25, 0.3) is 5.91 Å². The molecule has 0 aromatic rings. The van der Waals surface area contributed by atoms with Crippen molar-refractivity contribution in [3.8, 4) is 0 Å². The Hall–Kier alpha value is -4.41. The van der Waals surface area contributed by atoms with Gasteiger partial charge in [-0.1, -0.05) is 56.2 Å². The molecule has 3 saturated carbocycles. The van der Waals surface area contributed by atoms with E-state index in [-0.39, 0.29) is 12.7 Å². The number of alkyl carbamates (subject to hydrolysis) is 2. The van der Waals surface area contributed by atoms with Crippen molar-refractivity contribution in [2.75, 3.05) is 26.6 Å². The van der Waals surface area contributed by atoms with Crippen LogP contribution in [-0.4, -0.2) is 56.6 Å². The molecular formula is C39H52N2O9. The van der Waals surface area contributed by atoms with Gasteiger partial charge in [-0.15, -0.1) is 0 Å². The van der Waals surface area contributed by atoms with Crippen molar-refractivity contribution in [2.45, 2.75) is 59.3 Å². The molecule has 6 bridgehead atoms. The highest BCUT2D eigenvalue weighted by Crippen LogP contribution is 2.45. The minimum atomic E-state index is -0.676. The van der Waals surface area contributed by atoms with Crippen LogP contribution >= 0.6 is 0 Å². The average Bonchev–Trinajstić information content (AvgIpc) is 3.95. The van der Waals surface area contributed by atoms with Gasteiger partial charge in [0.15, 0.2) is 6.73 Å². The summed E-state index contributed by atoms with van der Waals surface area (Å²) in [6.07, 6.45) is 19.2. The van der Waals surface area contributed by atoms with Crippen LogP contribution in [0, 0.1) is 53.3 Å². The Labute approximate surface area is 295 Å². The summed E-state index contributed by atoms with van der Waals surface area (Å²) in [5, 5.41) is 4.50. The fourth-order valence-electron chi connectivity index (χ4n) is 7.50. The zero-order valence-corrected chi connectivity index (χ0v) is 29.5. The molecule has 0 spiro atoms. The largest absolute Gasteiger partial charge is 0.462 e. The molecule has 3 amide bonds. The predicted molar refractivity (Wildman–Crippen MR) is 187 cm³/mol. The van der Waals surface area contributed by atoms with Crippen LogP contribution in [0.5, 0.6) is 0 Å². The highest BCUT2D eigenvalue weighted by molar-refractivity contribution is 6.01. The SMILES string of the molecule is C=C(C)C(=O)NC(=O)OCC1CC2C=CC1C2.C=C(C)C(=O)OCC1CC2C=CC1C2.C=C(C)C(=O)OCNC(=O)OCC1CC2C=CC1C2. The lowest BCUT2D eigenvalue weighted by atomic mass is 9.95. The third-order valence-electron chi connectivity index (χ3n) is 10.3. The fourth-order valence-corrected chi connectivity index (χ4v) is 7.50. The van der Waals surface area contributed by atoms with E-state index in [2.05, 4.69) is 66.8 Å². The summed E-state index contributed by atoms with van der Waals surface area (Å²) in [4.78, 5) is 56.1. The van der Waals surface area contributed by atoms with Crippen molar-refractivity contribution in [3.05, 3.63) is 72.9 Å². The van der Waals surface area contributed by atoms with Crippen LogP contribution in [0.25, 0.3) is 0 Å². The molecule has 0 aromatic heterocycles. The van der Waals surface area contributed by atoms with E-state index >= 15 is 0 Å². The van der Waals surface area contributed by atoms with Gasteiger partial charge in [-0.05, 0) is 101 Å². The number of esters is 2. The molecule has 6 rings (SSSR count). The van der Waals surface area contributed by atoms with Crippen molar-refractivity contribution >= 4 is 30.0 Å². The van der Waals surface area contributed by atoms with Crippen LogP contribution in [0.2, 0.25) is 0 Å². The van der Waals surface area contributed by atoms with Gasteiger partial charge in [-0.25, -0.2) is 19.2 Å². The molecule has 0 aromatic carbocycles. The fraction of sp³-hybridized carbons (Fsp3) is 0.564. The molecule has 0 radical (unpaired) electrons. The van der Waals surface area contributed by atoms with E-state index in [9.17, 15) is 24.0 Å². The summed E-state index contributed by atoms with van der Waals surface area (Å²) in [7, 11) is 0. The zero-order chi connectivity index (χ0) is 36.4. The molecule has 3 fully saturated rings. The molecular weight excluding hydrogens is 640 g/mol. The maximum absolute atomic E-state index is 11.4. The van der Waals surface area contributed by atoms with Crippen molar-refractivity contribution < 1.29 is 42.9 Å². The van der Waals surface area contributed by atoms with E-state index in [1.54, 1.807) is 20.8 Å². The summed E-state index contributed by atoms with van der Waals surface area (Å²) < 4.78 is 20.1. The van der Waals surface area contributed by atoms with Crippen molar-refractivity contribution in [1.29, 1.82) is 0 Å². The summed E-state index contributed by atoms with van der Waals surface area (Å²) in [5.41, 5.74) is 1.08. The molecule has 11 heteroatoms. The van der Waals surface area contributed by atoms with Gasteiger partial charge in [0.05, 0.1) is 19.8 Å². The van der Waals surface area contributed by atoms with Crippen molar-refractivity contribution in [1.82, 2.24) is 10.6 Å². The van der Waals surface area contributed by atoms with E-state index in [0.717, 1.165) is 18.8 Å². The second-order valence-electron chi connectivity index (χ2n) is 14.5. The molecule has 50 heavy (non-hydrogen) atoms. The Morgan fingerprint density at radius 1 is 0.540 bits per heavy atom. The van der Waals surface area contributed by atoms with E-state index in [1.807, 2.05) is 0 Å². The number of fused-ring (bicyclic) bond motifs is 6. The second kappa shape index (κ2) is 18.0. The van der Waals surface area contributed by atoms with Gasteiger partial charge in [0, 0.05) is 28.6 Å². The number of carbonyl (C=O) groups is 5. The lowest BCUT2D eigenvalue weighted by molar-refractivity contribution is -0.141. The highest BCUT2D eigenvalue weighted by atomic mass is 16.6. The van der Waals surface area contributed by atoms with E-state index in [0.29, 0.717) is 83.9 Å². The zero-order valence-electron chi connectivity index (χ0n) is 29.5. The number of allylic oxidation sites excluding steroid dienone is 6. The molecule has 9 unspecified atom stereocenters. The van der Waals surface area contributed by atoms with Gasteiger partial charge in [0.1, 0.15) is 0 Å². The Morgan fingerprint density at radius 2 is 0.940 bits per heavy atom. The molecule has 0 saturated heterocycles. The average molecular weight is 693 g/mol. The highest BCUT2D eigenvalue weighted by Gasteiger charge is 2.38. The third-order valence-corrected chi connectivity index (χ3v) is 10.3. The van der Waals surface area contributed by atoms with Crippen LogP contribution in [0.3, 0.4) is 0 Å². The lowest BCUT2D eigenvalue weighted by Crippen LogP contribution is -2.32. The first-order chi connectivity index (χ1) is 23.8. The molecule has 9 atom stereocenters. The number of amides is 3. The summed E-state index contributed by atoms with van der Waals surface area (Å²) in [6.45, 7) is 16.4. The minimum Gasteiger partial charge on any atom is -0.462 e. The molecule has 0 heterocycles. The Morgan fingerprint density at radius 3 is 1.30 bits per heavy atom. The Balaban J connectivity index is 0.000000170. The number of hydrogen-bond acceptors (Lipinski definition) is 9. The maximum atomic E-state index is 11.4. The van der Waals surface area contributed by atoms with Crippen molar-refractivity contribution in [2.24, 2.45) is 53.3 Å². The summed E-state index contributed by atoms with van der Waals surface area (Å²) in [5.74, 6) is 3.95. The molecule has 2 N–H and O–H groups in total. The number of nitrogens with one attached hydrogen (secondary N) is 2. The number of rotatable bonds is 11. The van der Waals surface area contributed by atoms with Crippen LogP contribution < -0.4 is 10.6 Å². The molecule has 0 aliphatic heterocycles. The summed E-state index contributed by atoms with van der Waals surface area (Å²) in [6, 6.07) is 0. The van der Waals surface area contributed by atoms with Gasteiger partial charge in [-0.2, -0.15) is 0 Å². The first kappa shape index (κ1) is 38.4. The maximum Gasteiger partial charge on any atom is 0.414 e. The predicted octanol–water partition coefficient (Wildman–Crippen LogP) is 6.35. The van der Waals surface area contributed by atoms with Gasteiger partial charge in [-0.3, -0.25) is 15.4 Å². The van der Waals surface area contributed by atoms with Crippen molar-refractivity contribution in [3.63, 3.8) is 0 Å². The number of ether oxygens (including phenoxy) is 4. The normalized spacial score (nSPS) is 29.5. The minimum absolute atomic E-state index is 0.193. The lowest BCUT2D eigenvalue weighted by Gasteiger charge is -2.17. The number of hydrogen-bond donors (Lipinski definition) is 2. The smallest absolute Gasteiger partial charge is 0.414 e. The molecule has 272 valence electrons. The molecule has 6 aliphatic rings. The second-order valence-corrected chi connectivity index (χ2v) is 14.5. The number of imide groups is 1. The molecule has 11 nitrogen and oxygen atoms in total. The van der Waals surface area contributed by atoms with Gasteiger partial charge >= 0.3 is 24.1 Å². The van der Waals surface area contributed by atoms with E-state index in [1.165, 1.54) is 25.7 Å². The standard InChI is InChI=1S/C14H19NO4.C13H17NO3.C12H16O2/c1-9(2)13(16)19-8-15-14(17)18-7-12-6-10-3-4-11(12)5-10;1-8(2)12(15)14-13(16)17-7-11-6-9-3-4-10(11)5-9;1-8(2)12(13)14-7-11-6-9-3-4-10(11)5-9/h3-4,10-12H,1,5-8H2,2H3,(H,15,17);3-4,9-11H,1,5-7H2,2H3,(H,14,15,16);3-4,9-11H,1,5-7H2,2H3. The van der Waals surface area contributed by atoms with Crippen LogP contribution in [-0.2, 0) is 33.3 Å². The van der Waals surface area contributed by atoms with Crippen LogP contribution in [0.1, 0.15) is 59.3 Å². The first-order valence-corrected chi connectivity index (χ1v) is 17.5. The first-order valence-electron chi connectivity index (χ1n) is 17.5. The van der Waals surface area contributed by atoms with E-state index in [4.69, 9.17) is 18.9 Å².